The first-order valence-electron chi connectivity index (χ1n) is 7.88. The highest BCUT2D eigenvalue weighted by Gasteiger charge is 2.23. The van der Waals surface area contributed by atoms with E-state index in [2.05, 4.69) is 51.9 Å². The van der Waals surface area contributed by atoms with Crippen molar-refractivity contribution in [1.29, 1.82) is 0 Å². The molecular weight excluding hydrogens is 236 g/mol. The molecule has 0 aromatic heterocycles. The van der Waals surface area contributed by atoms with E-state index in [0.29, 0.717) is 5.54 Å². The second-order valence-electron chi connectivity index (χ2n) is 6.69. The second-order valence-corrected chi connectivity index (χ2v) is 6.69. The molecule has 0 heterocycles. The van der Waals surface area contributed by atoms with Gasteiger partial charge >= 0.3 is 0 Å². The summed E-state index contributed by atoms with van der Waals surface area (Å²) < 4.78 is 0. The number of rotatable bonds is 11. The monoisotopic (exact) mass is 272 g/mol. The Hall–Kier alpha value is -0.120. The van der Waals surface area contributed by atoms with Crippen LogP contribution in [-0.4, -0.2) is 47.8 Å². The van der Waals surface area contributed by atoms with Gasteiger partial charge in [-0.25, -0.2) is 0 Å². The smallest absolute Gasteiger partial charge is 0.0610 e. The summed E-state index contributed by atoms with van der Waals surface area (Å²) in [7, 11) is 2.21. The highest BCUT2D eigenvalue weighted by molar-refractivity contribution is 4.82. The summed E-state index contributed by atoms with van der Waals surface area (Å²) in [6.07, 6.45) is 5.70. The van der Waals surface area contributed by atoms with Gasteiger partial charge in [0.2, 0.25) is 0 Å². The fourth-order valence-electron chi connectivity index (χ4n) is 2.09. The van der Waals surface area contributed by atoms with E-state index in [1.54, 1.807) is 0 Å². The fraction of sp³-hybridized carbons (Fsp3) is 1.00. The zero-order valence-electron chi connectivity index (χ0n) is 14.1. The minimum Gasteiger partial charge on any atom is -0.394 e. The summed E-state index contributed by atoms with van der Waals surface area (Å²) >= 11 is 0. The minimum atomic E-state index is -0.102. The van der Waals surface area contributed by atoms with Gasteiger partial charge in [-0.1, -0.05) is 20.3 Å². The van der Waals surface area contributed by atoms with E-state index in [-0.39, 0.29) is 12.1 Å². The number of aliphatic hydroxyl groups excluding tert-OH is 1. The molecule has 0 saturated carbocycles. The largest absolute Gasteiger partial charge is 0.394 e. The standard InChI is InChI=1S/C16H36N2O/c1-7-12-17-16(5,14-19)11-9-10-13-18(6)15(3,4)8-2/h17,19H,7-14H2,1-6H3. The Morgan fingerprint density at radius 2 is 1.74 bits per heavy atom. The zero-order chi connectivity index (χ0) is 14.9. The fourth-order valence-corrected chi connectivity index (χ4v) is 2.09. The molecule has 1 atom stereocenters. The van der Waals surface area contributed by atoms with Crippen LogP contribution in [0.1, 0.15) is 66.7 Å². The average molecular weight is 272 g/mol. The molecule has 0 spiro atoms. The molecule has 0 fully saturated rings. The predicted molar refractivity (Wildman–Crippen MR) is 84.6 cm³/mol. The van der Waals surface area contributed by atoms with Crippen molar-refractivity contribution in [2.45, 2.75) is 77.8 Å². The van der Waals surface area contributed by atoms with E-state index >= 15 is 0 Å². The molecule has 0 saturated heterocycles. The molecule has 0 aliphatic carbocycles. The molecule has 19 heavy (non-hydrogen) atoms. The lowest BCUT2D eigenvalue weighted by Gasteiger charge is -2.35. The van der Waals surface area contributed by atoms with Crippen LogP contribution in [0.5, 0.6) is 0 Å². The van der Waals surface area contributed by atoms with E-state index in [1.807, 2.05) is 0 Å². The number of hydrogen-bond acceptors (Lipinski definition) is 3. The van der Waals surface area contributed by atoms with Crippen LogP contribution >= 0.6 is 0 Å². The van der Waals surface area contributed by atoms with E-state index in [0.717, 1.165) is 32.4 Å². The molecule has 0 aromatic rings. The lowest BCUT2D eigenvalue weighted by atomic mass is 9.94. The third-order valence-corrected chi connectivity index (χ3v) is 4.52. The van der Waals surface area contributed by atoms with Crippen molar-refractivity contribution in [1.82, 2.24) is 10.2 Å². The van der Waals surface area contributed by atoms with Gasteiger partial charge in [-0.2, -0.15) is 0 Å². The highest BCUT2D eigenvalue weighted by atomic mass is 16.3. The Morgan fingerprint density at radius 1 is 1.11 bits per heavy atom. The van der Waals surface area contributed by atoms with E-state index in [9.17, 15) is 5.11 Å². The molecule has 3 nitrogen and oxygen atoms in total. The summed E-state index contributed by atoms with van der Waals surface area (Å²) in [6.45, 7) is 13.5. The number of nitrogens with one attached hydrogen (secondary N) is 1. The summed E-state index contributed by atoms with van der Waals surface area (Å²) in [4.78, 5) is 2.45. The van der Waals surface area contributed by atoms with E-state index in [1.165, 1.54) is 12.8 Å². The van der Waals surface area contributed by atoms with Gasteiger partial charge in [-0.3, -0.25) is 0 Å². The van der Waals surface area contributed by atoms with Crippen molar-refractivity contribution in [3.05, 3.63) is 0 Å². The van der Waals surface area contributed by atoms with Crippen LogP contribution in [0.2, 0.25) is 0 Å². The maximum atomic E-state index is 9.51. The Kier molecular flexibility index (Phi) is 8.88. The van der Waals surface area contributed by atoms with Gasteiger partial charge < -0.3 is 15.3 Å². The maximum Gasteiger partial charge on any atom is 0.0610 e. The first-order chi connectivity index (χ1) is 8.81. The Bertz CT molecular complexity index is 231. The first-order valence-corrected chi connectivity index (χ1v) is 7.88. The van der Waals surface area contributed by atoms with Crippen LogP contribution in [0.4, 0.5) is 0 Å². The second kappa shape index (κ2) is 8.93. The van der Waals surface area contributed by atoms with Gasteiger partial charge in [0.25, 0.3) is 0 Å². The predicted octanol–water partition coefficient (Wildman–Crippen LogP) is 3.03. The number of unbranched alkanes of at least 4 members (excludes halogenated alkanes) is 1. The molecule has 0 aliphatic rings. The Balaban J connectivity index is 3.95. The van der Waals surface area contributed by atoms with Gasteiger partial charge in [0.1, 0.15) is 0 Å². The molecule has 3 heteroatoms. The minimum absolute atomic E-state index is 0.102. The molecule has 1 unspecified atom stereocenters. The lowest BCUT2D eigenvalue weighted by molar-refractivity contribution is 0.139. The van der Waals surface area contributed by atoms with Crippen LogP contribution in [-0.2, 0) is 0 Å². The first kappa shape index (κ1) is 18.9. The molecule has 0 amide bonds. The summed E-state index contributed by atoms with van der Waals surface area (Å²) in [5.41, 5.74) is 0.190. The summed E-state index contributed by atoms with van der Waals surface area (Å²) in [5, 5.41) is 13.0. The number of hydrogen-bond donors (Lipinski definition) is 2. The quantitative estimate of drug-likeness (QED) is 0.568. The van der Waals surface area contributed by atoms with Crippen molar-refractivity contribution in [3.63, 3.8) is 0 Å². The van der Waals surface area contributed by atoms with Gasteiger partial charge in [0.05, 0.1) is 6.61 Å². The van der Waals surface area contributed by atoms with Gasteiger partial charge in [-0.15, -0.1) is 0 Å². The number of nitrogens with zero attached hydrogens (tertiary/aromatic N) is 1. The topological polar surface area (TPSA) is 35.5 Å². The van der Waals surface area contributed by atoms with Crippen LogP contribution in [0.15, 0.2) is 0 Å². The average Bonchev–Trinajstić information content (AvgIpc) is 2.41. The molecule has 2 N–H and O–H groups in total. The molecule has 0 aromatic carbocycles. The summed E-state index contributed by atoms with van der Waals surface area (Å²) in [5.74, 6) is 0. The molecule has 0 rings (SSSR count). The summed E-state index contributed by atoms with van der Waals surface area (Å²) in [6, 6.07) is 0. The van der Waals surface area contributed by atoms with Crippen molar-refractivity contribution in [2.24, 2.45) is 0 Å². The maximum absolute atomic E-state index is 9.51. The molecule has 0 aliphatic heterocycles. The van der Waals surface area contributed by atoms with Crippen LogP contribution in [0.3, 0.4) is 0 Å². The Labute approximate surface area is 120 Å². The third kappa shape index (κ3) is 7.28. The van der Waals surface area contributed by atoms with Crippen LogP contribution in [0, 0.1) is 0 Å². The zero-order valence-corrected chi connectivity index (χ0v) is 14.1. The van der Waals surface area contributed by atoms with Crippen molar-refractivity contribution in [2.75, 3.05) is 26.7 Å². The van der Waals surface area contributed by atoms with Crippen LogP contribution in [0.25, 0.3) is 0 Å². The van der Waals surface area contributed by atoms with Gasteiger partial charge in [0.15, 0.2) is 0 Å². The SMILES string of the molecule is CCCNC(C)(CO)CCCCN(C)C(C)(C)CC. The highest BCUT2D eigenvalue weighted by Crippen LogP contribution is 2.18. The number of aliphatic hydroxyl groups is 1. The van der Waals surface area contributed by atoms with Crippen molar-refractivity contribution < 1.29 is 5.11 Å². The molecular formula is C16H36N2O. The van der Waals surface area contributed by atoms with Gasteiger partial charge in [0, 0.05) is 11.1 Å². The normalized spacial score (nSPS) is 15.8. The molecule has 0 radical (unpaired) electrons. The van der Waals surface area contributed by atoms with Gasteiger partial charge in [-0.05, 0) is 66.6 Å². The Morgan fingerprint density at radius 3 is 2.21 bits per heavy atom. The van der Waals surface area contributed by atoms with Crippen molar-refractivity contribution in [3.8, 4) is 0 Å². The van der Waals surface area contributed by atoms with Crippen LogP contribution < -0.4 is 5.32 Å². The van der Waals surface area contributed by atoms with E-state index in [4.69, 9.17) is 0 Å². The molecule has 116 valence electrons. The molecule has 0 bridgehead atoms. The van der Waals surface area contributed by atoms with E-state index < -0.39 is 0 Å². The third-order valence-electron chi connectivity index (χ3n) is 4.52. The van der Waals surface area contributed by atoms with Crippen molar-refractivity contribution >= 4 is 0 Å². The lowest BCUT2D eigenvalue weighted by Crippen LogP contribution is -2.46.